The number of anilines is 1. The quantitative estimate of drug-likeness (QED) is 0.897. The minimum Gasteiger partial charge on any atom is -0.356 e. The second-order valence-corrected chi connectivity index (χ2v) is 7.94. The van der Waals surface area contributed by atoms with E-state index in [1.54, 1.807) is 0 Å². The van der Waals surface area contributed by atoms with Crippen molar-refractivity contribution in [1.82, 2.24) is 15.2 Å². The number of rotatable bonds is 2. The first-order valence-corrected chi connectivity index (χ1v) is 9.96. The van der Waals surface area contributed by atoms with Gasteiger partial charge in [0.2, 0.25) is 0 Å². The predicted octanol–water partition coefficient (Wildman–Crippen LogP) is 3.33. The average molecular weight is 342 g/mol. The van der Waals surface area contributed by atoms with Crippen molar-refractivity contribution < 1.29 is 4.79 Å². The van der Waals surface area contributed by atoms with Crippen LogP contribution in [0.1, 0.15) is 50.6 Å². The van der Waals surface area contributed by atoms with E-state index < -0.39 is 0 Å². The van der Waals surface area contributed by atoms with E-state index in [2.05, 4.69) is 32.2 Å². The normalized spacial score (nSPS) is 27.2. The number of aromatic nitrogens is 1. The van der Waals surface area contributed by atoms with Gasteiger partial charge in [-0.3, -0.25) is 0 Å². The summed E-state index contributed by atoms with van der Waals surface area (Å²) in [4.78, 5) is 21.9. The Labute approximate surface area is 150 Å². The molecule has 5 heteroatoms. The molecular formula is C20H30N4O. The Morgan fingerprint density at radius 3 is 2.68 bits per heavy atom. The second kappa shape index (κ2) is 7.22. The van der Waals surface area contributed by atoms with Crippen molar-refractivity contribution in [3.63, 3.8) is 0 Å². The van der Waals surface area contributed by atoms with Crippen LogP contribution in [0.4, 0.5) is 10.6 Å². The summed E-state index contributed by atoms with van der Waals surface area (Å²) < 4.78 is 0. The highest BCUT2D eigenvalue weighted by molar-refractivity contribution is 5.75. The molecule has 1 saturated carbocycles. The zero-order valence-electron chi connectivity index (χ0n) is 15.3. The van der Waals surface area contributed by atoms with Crippen LogP contribution < -0.4 is 10.2 Å². The van der Waals surface area contributed by atoms with Gasteiger partial charge < -0.3 is 15.1 Å². The molecule has 0 unspecified atom stereocenters. The van der Waals surface area contributed by atoms with Gasteiger partial charge >= 0.3 is 6.03 Å². The maximum absolute atomic E-state index is 12.8. The third kappa shape index (κ3) is 3.60. The highest BCUT2D eigenvalue weighted by atomic mass is 16.2. The van der Waals surface area contributed by atoms with E-state index in [1.165, 1.54) is 32.1 Å². The minimum absolute atomic E-state index is 0.184. The minimum atomic E-state index is 0.184. The van der Waals surface area contributed by atoms with Crippen molar-refractivity contribution in [1.29, 1.82) is 0 Å². The maximum atomic E-state index is 12.8. The topological polar surface area (TPSA) is 48.5 Å². The van der Waals surface area contributed by atoms with Crippen molar-refractivity contribution in [3.05, 3.63) is 23.9 Å². The third-order valence-corrected chi connectivity index (χ3v) is 6.27. The number of hydrogen-bond donors (Lipinski definition) is 1. The molecule has 1 aliphatic carbocycles. The third-order valence-electron chi connectivity index (χ3n) is 6.27. The molecule has 0 spiro atoms. The van der Waals surface area contributed by atoms with Crippen molar-refractivity contribution in [2.45, 2.75) is 64.0 Å². The van der Waals surface area contributed by atoms with Crippen LogP contribution in [0.3, 0.4) is 0 Å². The van der Waals surface area contributed by atoms with E-state index in [4.69, 9.17) is 0 Å². The highest BCUT2D eigenvalue weighted by Gasteiger charge is 2.37. The molecule has 1 aromatic rings. The molecule has 2 saturated heterocycles. The van der Waals surface area contributed by atoms with E-state index in [1.807, 2.05) is 13.0 Å². The summed E-state index contributed by atoms with van der Waals surface area (Å²) in [6.45, 7) is 4.91. The standard InChI is InChI=1S/C20H30N4O/c1-15-5-2-9-19(21-15)23-13-10-17(11-14-23)22-20(25)24-12-4-7-16-6-3-8-18(16)24/h2,5,9,16-18H,3-4,6-8,10-14H2,1H3,(H,22,25)/t16-,18+/m1/s1. The number of pyridine rings is 1. The van der Waals surface area contributed by atoms with Gasteiger partial charge in [-0.2, -0.15) is 0 Å². The lowest BCUT2D eigenvalue weighted by atomic mass is 9.92. The molecule has 1 N–H and O–H groups in total. The van der Waals surface area contributed by atoms with Crippen LogP contribution in [-0.2, 0) is 0 Å². The van der Waals surface area contributed by atoms with Gasteiger partial charge in [0.05, 0.1) is 0 Å². The number of fused-ring (bicyclic) bond motifs is 1. The average Bonchev–Trinajstić information content (AvgIpc) is 3.11. The summed E-state index contributed by atoms with van der Waals surface area (Å²) in [5.74, 6) is 1.82. The van der Waals surface area contributed by atoms with E-state index >= 15 is 0 Å². The molecule has 0 radical (unpaired) electrons. The Hall–Kier alpha value is -1.78. The van der Waals surface area contributed by atoms with Crippen LogP contribution >= 0.6 is 0 Å². The van der Waals surface area contributed by atoms with Crippen LogP contribution in [0.5, 0.6) is 0 Å². The number of nitrogens with zero attached hydrogens (tertiary/aromatic N) is 3. The molecule has 3 aliphatic rings. The lowest BCUT2D eigenvalue weighted by molar-refractivity contribution is 0.125. The zero-order valence-corrected chi connectivity index (χ0v) is 15.3. The van der Waals surface area contributed by atoms with E-state index in [0.29, 0.717) is 12.1 Å². The number of urea groups is 1. The number of carbonyl (C=O) groups is 1. The van der Waals surface area contributed by atoms with Gasteiger partial charge in [-0.05, 0) is 63.5 Å². The molecular weight excluding hydrogens is 312 g/mol. The molecule has 3 fully saturated rings. The van der Waals surface area contributed by atoms with Crippen molar-refractivity contribution in [2.75, 3.05) is 24.5 Å². The van der Waals surface area contributed by atoms with E-state index in [9.17, 15) is 4.79 Å². The smallest absolute Gasteiger partial charge is 0.317 e. The highest BCUT2D eigenvalue weighted by Crippen LogP contribution is 2.36. The molecule has 5 nitrogen and oxygen atoms in total. The molecule has 0 bridgehead atoms. The van der Waals surface area contributed by atoms with Crippen molar-refractivity contribution in [2.24, 2.45) is 5.92 Å². The summed E-state index contributed by atoms with van der Waals surface area (Å²) in [6.07, 6.45) is 8.31. The van der Waals surface area contributed by atoms with Crippen molar-refractivity contribution in [3.8, 4) is 0 Å². The lowest BCUT2D eigenvalue weighted by Gasteiger charge is -2.39. The Morgan fingerprint density at radius 2 is 1.88 bits per heavy atom. The molecule has 2 atom stereocenters. The van der Waals surface area contributed by atoms with Gasteiger partial charge in [0.25, 0.3) is 0 Å². The van der Waals surface area contributed by atoms with Crippen LogP contribution in [0, 0.1) is 12.8 Å². The van der Waals surface area contributed by atoms with Gasteiger partial charge in [0.15, 0.2) is 0 Å². The van der Waals surface area contributed by atoms with Crippen LogP contribution in [0.15, 0.2) is 18.2 Å². The molecule has 1 aromatic heterocycles. The molecule has 25 heavy (non-hydrogen) atoms. The summed E-state index contributed by atoms with van der Waals surface area (Å²) in [7, 11) is 0. The molecule has 3 heterocycles. The van der Waals surface area contributed by atoms with Gasteiger partial charge in [-0.1, -0.05) is 12.5 Å². The summed E-state index contributed by atoms with van der Waals surface area (Å²) >= 11 is 0. The van der Waals surface area contributed by atoms with Crippen LogP contribution in [0.2, 0.25) is 0 Å². The largest absolute Gasteiger partial charge is 0.356 e. The number of hydrogen-bond acceptors (Lipinski definition) is 3. The monoisotopic (exact) mass is 342 g/mol. The maximum Gasteiger partial charge on any atom is 0.317 e. The number of amides is 2. The van der Waals surface area contributed by atoms with Gasteiger partial charge in [0, 0.05) is 37.4 Å². The number of piperidine rings is 2. The summed E-state index contributed by atoms with van der Waals surface area (Å²) in [6, 6.07) is 7.18. The SMILES string of the molecule is Cc1cccc(N2CCC(NC(=O)N3CCC[C@H]4CCC[C@@H]43)CC2)n1. The predicted molar refractivity (Wildman–Crippen MR) is 99.8 cm³/mol. The zero-order chi connectivity index (χ0) is 17.2. The first-order chi connectivity index (χ1) is 12.2. The first-order valence-electron chi connectivity index (χ1n) is 9.96. The Kier molecular flexibility index (Phi) is 4.82. The molecule has 2 amide bonds. The summed E-state index contributed by atoms with van der Waals surface area (Å²) in [5.41, 5.74) is 1.06. The first kappa shape index (κ1) is 16.7. The fourth-order valence-corrected chi connectivity index (χ4v) is 4.92. The second-order valence-electron chi connectivity index (χ2n) is 7.94. The van der Waals surface area contributed by atoms with E-state index in [0.717, 1.165) is 49.9 Å². The van der Waals surface area contributed by atoms with Crippen LogP contribution in [-0.4, -0.2) is 47.6 Å². The number of likely N-dealkylation sites (tertiary alicyclic amines) is 1. The van der Waals surface area contributed by atoms with Crippen LogP contribution in [0.25, 0.3) is 0 Å². The van der Waals surface area contributed by atoms with E-state index in [-0.39, 0.29) is 6.03 Å². The molecule has 2 aliphatic heterocycles. The Bertz CT molecular complexity index is 611. The Morgan fingerprint density at radius 1 is 1.08 bits per heavy atom. The fourth-order valence-electron chi connectivity index (χ4n) is 4.92. The van der Waals surface area contributed by atoms with Gasteiger partial charge in [-0.15, -0.1) is 0 Å². The molecule has 0 aromatic carbocycles. The number of aryl methyl sites for hydroxylation is 1. The molecule has 136 valence electrons. The van der Waals surface area contributed by atoms with Crippen molar-refractivity contribution >= 4 is 11.8 Å². The van der Waals surface area contributed by atoms with Gasteiger partial charge in [0.1, 0.15) is 5.82 Å². The Balaban J connectivity index is 1.30. The lowest BCUT2D eigenvalue weighted by Crippen LogP contribution is -2.54. The molecule has 4 rings (SSSR count). The summed E-state index contributed by atoms with van der Waals surface area (Å²) in [5, 5.41) is 3.32. The van der Waals surface area contributed by atoms with Gasteiger partial charge in [-0.25, -0.2) is 9.78 Å². The fraction of sp³-hybridized carbons (Fsp3) is 0.700. The number of nitrogens with one attached hydrogen (secondary N) is 1. The number of carbonyl (C=O) groups excluding carboxylic acids is 1.